The van der Waals surface area contributed by atoms with Gasteiger partial charge in [-0.25, -0.2) is 0 Å². The molecular formula is C27H26O. The van der Waals surface area contributed by atoms with Crippen LogP contribution >= 0.6 is 0 Å². The Morgan fingerprint density at radius 2 is 1.39 bits per heavy atom. The van der Waals surface area contributed by atoms with Crippen molar-refractivity contribution in [3.63, 3.8) is 0 Å². The average Bonchev–Trinajstić information content (AvgIpc) is 3.39. The van der Waals surface area contributed by atoms with Gasteiger partial charge >= 0.3 is 0 Å². The molecule has 1 aliphatic rings. The zero-order chi connectivity index (χ0) is 19.7. The fourth-order valence-corrected chi connectivity index (χ4v) is 4.40. The maximum absolute atomic E-state index is 11.0. The predicted octanol–water partition coefficient (Wildman–Crippen LogP) is 6.29. The summed E-state index contributed by atoms with van der Waals surface area (Å²) >= 11 is 0. The van der Waals surface area contributed by atoms with E-state index in [0.29, 0.717) is 0 Å². The number of aryl methyl sites for hydroxylation is 1. The third-order valence-corrected chi connectivity index (χ3v) is 5.61. The first kappa shape index (κ1) is 18.5. The summed E-state index contributed by atoms with van der Waals surface area (Å²) in [5, 5.41) is 11.0. The van der Waals surface area contributed by atoms with Crippen LogP contribution in [0.2, 0.25) is 0 Å². The monoisotopic (exact) mass is 366 g/mol. The van der Waals surface area contributed by atoms with Crippen molar-refractivity contribution in [2.24, 2.45) is 0 Å². The van der Waals surface area contributed by atoms with Crippen molar-refractivity contribution in [3.05, 3.63) is 130 Å². The quantitative estimate of drug-likeness (QED) is 0.575. The number of aliphatic hydroxyl groups is 1. The van der Waals surface area contributed by atoms with Crippen LogP contribution in [0, 0.1) is 6.92 Å². The van der Waals surface area contributed by atoms with Gasteiger partial charge in [0.2, 0.25) is 0 Å². The van der Waals surface area contributed by atoms with Crippen LogP contribution in [0.3, 0.4) is 0 Å². The van der Waals surface area contributed by atoms with Crippen LogP contribution in [0.4, 0.5) is 0 Å². The lowest BCUT2D eigenvalue weighted by Crippen LogP contribution is -2.10. The summed E-state index contributed by atoms with van der Waals surface area (Å²) in [5.41, 5.74) is 8.13. The van der Waals surface area contributed by atoms with Crippen LogP contribution < -0.4 is 0 Å². The summed E-state index contributed by atoms with van der Waals surface area (Å²) in [6.07, 6.45) is 1.41. The molecule has 1 aliphatic carbocycles. The second-order valence-corrected chi connectivity index (χ2v) is 7.80. The van der Waals surface area contributed by atoms with Crippen molar-refractivity contribution in [2.45, 2.75) is 32.3 Å². The Kier molecular flexibility index (Phi) is 4.78. The topological polar surface area (TPSA) is 20.2 Å². The maximum Gasteiger partial charge on any atom is 0.0978 e. The molecule has 1 fully saturated rings. The first-order valence-electron chi connectivity index (χ1n) is 9.81. The van der Waals surface area contributed by atoms with Gasteiger partial charge in [-0.1, -0.05) is 96.1 Å². The number of hydrogen-bond donors (Lipinski definition) is 1. The van der Waals surface area contributed by atoms with E-state index in [1.807, 2.05) is 18.2 Å². The van der Waals surface area contributed by atoms with Gasteiger partial charge in [0.15, 0.2) is 0 Å². The van der Waals surface area contributed by atoms with Crippen LogP contribution in [0.5, 0.6) is 0 Å². The Hall–Kier alpha value is -2.90. The van der Waals surface area contributed by atoms with Gasteiger partial charge in [-0.2, -0.15) is 0 Å². The molecule has 0 radical (unpaired) electrons. The fourth-order valence-electron chi connectivity index (χ4n) is 4.40. The van der Waals surface area contributed by atoms with E-state index >= 15 is 0 Å². The van der Waals surface area contributed by atoms with Crippen molar-refractivity contribution >= 4 is 0 Å². The summed E-state index contributed by atoms with van der Waals surface area (Å²) in [5.74, 6) is 0. The second kappa shape index (κ2) is 7.26. The van der Waals surface area contributed by atoms with Crippen molar-refractivity contribution in [1.29, 1.82) is 0 Å². The first-order chi connectivity index (χ1) is 13.5. The lowest BCUT2D eigenvalue weighted by Gasteiger charge is -2.17. The summed E-state index contributed by atoms with van der Waals surface area (Å²) < 4.78 is 0. The Labute approximate surface area is 167 Å². The van der Waals surface area contributed by atoms with Crippen LogP contribution in [-0.2, 0) is 5.41 Å². The molecule has 4 rings (SSSR count). The van der Waals surface area contributed by atoms with Gasteiger partial charge in [0.25, 0.3) is 0 Å². The molecule has 28 heavy (non-hydrogen) atoms. The van der Waals surface area contributed by atoms with Crippen LogP contribution in [0.1, 0.15) is 42.2 Å². The number of allylic oxidation sites excluding steroid dienone is 3. The molecule has 1 unspecified atom stereocenters. The number of aliphatic hydroxyl groups excluding tert-OH is 1. The van der Waals surface area contributed by atoms with Gasteiger partial charge in [0.05, 0.1) is 11.5 Å². The Morgan fingerprint density at radius 1 is 0.821 bits per heavy atom. The van der Waals surface area contributed by atoms with Crippen LogP contribution in [0.25, 0.3) is 0 Å². The highest BCUT2D eigenvalue weighted by atomic mass is 16.3. The van der Waals surface area contributed by atoms with Gasteiger partial charge in [-0.3, -0.25) is 0 Å². The summed E-state index contributed by atoms with van der Waals surface area (Å²) in [7, 11) is 0. The standard InChI is InChI=1S/C27H26O/c1-19(2)26-24(18-25(28)21-12-10-11-20(3)17-21)27(26,22-13-6-4-7-14-22)23-15-8-5-9-16-23/h4-18,25,28H,1-3H3/b24-18-. The molecule has 1 N–H and O–H groups in total. The molecule has 0 heterocycles. The zero-order valence-electron chi connectivity index (χ0n) is 16.7. The number of rotatable bonds is 4. The van der Waals surface area contributed by atoms with Crippen LogP contribution in [-0.4, -0.2) is 5.11 Å². The van der Waals surface area contributed by atoms with Crippen molar-refractivity contribution in [3.8, 4) is 0 Å². The van der Waals surface area contributed by atoms with Crippen molar-refractivity contribution in [2.75, 3.05) is 0 Å². The summed E-state index contributed by atoms with van der Waals surface area (Å²) in [6, 6.07) is 29.3. The molecule has 1 nitrogen and oxygen atoms in total. The average molecular weight is 367 g/mol. The number of benzene rings is 3. The van der Waals surface area contributed by atoms with E-state index in [4.69, 9.17) is 0 Å². The Bertz CT molecular complexity index is 998. The maximum atomic E-state index is 11.0. The molecule has 1 saturated carbocycles. The largest absolute Gasteiger partial charge is 0.384 e. The lowest BCUT2D eigenvalue weighted by atomic mass is 9.85. The predicted molar refractivity (Wildman–Crippen MR) is 116 cm³/mol. The van der Waals surface area contributed by atoms with Gasteiger partial charge in [-0.15, -0.1) is 0 Å². The first-order valence-corrected chi connectivity index (χ1v) is 9.81. The minimum atomic E-state index is -0.626. The smallest absolute Gasteiger partial charge is 0.0978 e. The van der Waals surface area contributed by atoms with Gasteiger partial charge in [0, 0.05) is 0 Å². The normalized spacial score (nSPS) is 17.4. The summed E-state index contributed by atoms with van der Waals surface area (Å²) in [4.78, 5) is 0. The zero-order valence-corrected chi connectivity index (χ0v) is 16.7. The van der Waals surface area contributed by atoms with E-state index in [1.165, 1.54) is 27.8 Å². The Morgan fingerprint density at radius 3 is 1.89 bits per heavy atom. The lowest BCUT2D eigenvalue weighted by molar-refractivity contribution is 0.228. The molecule has 0 amide bonds. The molecule has 0 aromatic heterocycles. The fraction of sp³-hybridized carbons (Fsp3) is 0.185. The van der Waals surface area contributed by atoms with Crippen LogP contribution in [0.15, 0.2) is 108 Å². The molecule has 0 aliphatic heterocycles. The van der Waals surface area contributed by atoms with E-state index in [1.54, 1.807) is 0 Å². The van der Waals surface area contributed by atoms with E-state index in [2.05, 4.69) is 93.6 Å². The molecule has 0 saturated heterocycles. The van der Waals surface area contributed by atoms with Gasteiger partial charge in [-0.05, 0) is 54.7 Å². The van der Waals surface area contributed by atoms with E-state index in [9.17, 15) is 5.11 Å². The molecule has 0 bridgehead atoms. The SMILES string of the molecule is CC(C)=C1/C(=C/C(O)c2cccc(C)c2)C1(c1ccccc1)c1ccccc1. The second-order valence-electron chi connectivity index (χ2n) is 7.80. The minimum absolute atomic E-state index is 0.272. The van der Waals surface area contributed by atoms with E-state index < -0.39 is 6.10 Å². The third kappa shape index (κ3) is 3.02. The van der Waals surface area contributed by atoms with Gasteiger partial charge in [0.1, 0.15) is 0 Å². The van der Waals surface area contributed by atoms with E-state index in [-0.39, 0.29) is 5.41 Å². The highest BCUT2D eigenvalue weighted by Gasteiger charge is 2.57. The molecule has 0 spiro atoms. The molecular weight excluding hydrogens is 340 g/mol. The molecule has 3 aromatic rings. The molecule has 1 heteroatoms. The number of hydrogen-bond acceptors (Lipinski definition) is 1. The third-order valence-electron chi connectivity index (χ3n) is 5.61. The molecule has 140 valence electrons. The minimum Gasteiger partial charge on any atom is -0.384 e. The Balaban J connectivity index is 1.90. The van der Waals surface area contributed by atoms with Crippen molar-refractivity contribution in [1.82, 2.24) is 0 Å². The molecule has 3 aromatic carbocycles. The highest BCUT2D eigenvalue weighted by Crippen LogP contribution is 2.65. The highest BCUT2D eigenvalue weighted by molar-refractivity contribution is 5.80. The summed E-state index contributed by atoms with van der Waals surface area (Å²) in [6.45, 7) is 6.38. The molecule has 1 atom stereocenters. The van der Waals surface area contributed by atoms with Gasteiger partial charge < -0.3 is 5.11 Å². The van der Waals surface area contributed by atoms with Crippen molar-refractivity contribution < 1.29 is 5.11 Å². The van der Waals surface area contributed by atoms with E-state index in [0.717, 1.165) is 11.1 Å².